The van der Waals surface area contributed by atoms with Crippen LogP contribution in [0.1, 0.15) is 29.3 Å². The Balaban J connectivity index is 2.49. The first-order valence-electron chi connectivity index (χ1n) is 8.36. The van der Waals surface area contributed by atoms with E-state index in [-0.39, 0.29) is 32.4 Å². The van der Waals surface area contributed by atoms with Crippen molar-refractivity contribution in [3.05, 3.63) is 51.7 Å². The number of rotatable bonds is 5. The first kappa shape index (κ1) is 19.1. The fraction of sp³-hybridized carbons (Fsp3) is 0.263. The minimum absolute atomic E-state index is 0.0240. The summed E-state index contributed by atoms with van der Waals surface area (Å²) in [6.07, 6.45) is 1.37. The van der Waals surface area contributed by atoms with Gasteiger partial charge < -0.3 is 9.52 Å². The first-order chi connectivity index (χ1) is 12.7. The number of sulfonamides is 1. The van der Waals surface area contributed by atoms with Crippen LogP contribution in [0, 0.1) is 0 Å². The summed E-state index contributed by atoms with van der Waals surface area (Å²) in [6, 6.07) is 7.07. The predicted octanol–water partition coefficient (Wildman–Crippen LogP) is 2.85. The Morgan fingerprint density at radius 3 is 2.44 bits per heavy atom. The molecule has 1 heterocycles. The van der Waals surface area contributed by atoms with Crippen LogP contribution in [0.3, 0.4) is 0 Å². The van der Waals surface area contributed by atoms with E-state index in [1.54, 1.807) is 6.07 Å². The summed E-state index contributed by atoms with van der Waals surface area (Å²) < 4.78 is 32.4. The molecule has 3 rings (SSSR count). The molecular formula is C19H19NO6S. The fourth-order valence-electron chi connectivity index (χ4n) is 2.94. The summed E-state index contributed by atoms with van der Waals surface area (Å²) in [5, 5.41) is 9.38. The fourth-order valence-corrected chi connectivity index (χ4v) is 4.02. The van der Waals surface area contributed by atoms with E-state index in [9.17, 15) is 18.0 Å². The molecule has 0 fully saturated rings. The SMILES string of the molecule is CCCc1cc(S(=O)(=O)N(C)C)c2oc3ccc(C(=O)O)cc3c(=O)c2c1. The average Bonchev–Trinajstić information content (AvgIpc) is 2.61. The van der Waals surface area contributed by atoms with Gasteiger partial charge in [0.25, 0.3) is 0 Å². The highest BCUT2D eigenvalue weighted by Crippen LogP contribution is 2.29. The van der Waals surface area contributed by atoms with Crippen LogP contribution in [-0.4, -0.2) is 37.9 Å². The Hall–Kier alpha value is -2.71. The van der Waals surface area contributed by atoms with Crippen molar-refractivity contribution in [3.8, 4) is 0 Å². The Kier molecular flexibility index (Phi) is 4.79. The summed E-state index contributed by atoms with van der Waals surface area (Å²) in [5.74, 6) is -1.16. The van der Waals surface area contributed by atoms with Crippen LogP contribution < -0.4 is 5.43 Å². The Morgan fingerprint density at radius 1 is 1.15 bits per heavy atom. The van der Waals surface area contributed by atoms with Crippen molar-refractivity contribution in [1.82, 2.24) is 4.31 Å². The predicted molar refractivity (Wildman–Crippen MR) is 102 cm³/mol. The molecule has 0 saturated heterocycles. The number of carboxylic acid groups (broad SMARTS) is 1. The van der Waals surface area contributed by atoms with Gasteiger partial charge >= 0.3 is 5.97 Å². The first-order valence-corrected chi connectivity index (χ1v) is 9.80. The monoisotopic (exact) mass is 389 g/mol. The highest BCUT2D eigenvalue weighted by molar-refractivity contribution is 7.89. The molecule has 8 heteroatoms. The minimum atomic E-state index is -3.84. The van der Waals surface area contributed by atoms with Gasteiger partial charge in [0.1, 0.15) is 10.5 Å². The molecule has 0 aliphatic heterocycles. The minimum Gasteiger partial charge on any atom is -0.478 e. The van der Waals surface area contributed by atoms with Crippen LogP contribution in [0.25, 0.3) is 21.9 Å². The molecule has 0 aliphatic rings. The zero-order valence-corrected chi connectivity index (χ0v) is 16.0. The van der Waals surface area contributed by atoms with Crippen molar-refractivity contribution in [3.63, 3.8) is 0 Å². The molecule has 2 aromatic carbocycles. The van der Waals surface area contributed by atoms with Gasteiger partial charge in [-0.1, -0.05) is 13.3 Å². The van der Waals surface area contributed by atoms with Crippen molar-refractivity contribution in [1.29, 1.82) is 0 Å². The second kappa shape index (κ2) is 6.79. The molecule has 142 valence electrons. The van der Waals surface area contributed by atoms with Crippen molar-refractivity contribution in [2.24, 2.45) is 0 Å². The number of hydrogen-bond donors (Lipinski definition) is 1. The number of aromatic carboxylic acids is 1. The molecule has 7 nitrogen and oxygen atoms in total. The lowest BCUT2D eigenvalue weighted by molar-refractivity contribution is 0.0697. The van der Waals surface area contributed by atoms with Gasteiger partial charge in [0.15, 0.2) is 5.58 Å². The van der Waals surface area contributed by atoms with Gasteiger partial charge in [-0.3, -0.25) is 4.79 Å². The summed E-state index contributed by atoms with van der Waals surface area (Å²) in [5.41, 5.74) is 0.314. The summed E-state index contributed by atoms with van der Waals surface area (Å²) in [4.78, 5) is 24.1. The zero-order valence-electron chi connectivity index (χ0n) is 15.1. The largest absolute Gasteiger partial charge is 0.478 e. The van der Waals surface area contributed by atoms with Crippen molar-refractivity contribution < 1.29 is 22.7 Å². The normalized spacial score (nSPS) is 12.1. The summed E-state index contributed by atoms with van der Waals surface area (Å²) >= 11 is 0. The van der Waals surface area contributed by atoms with Gasteiger partial charge in [-0.25, -0.2) is 17.5 Å². The topological polar surface area (TPSA) is 105 Å². The van der Waals surface area contributed by atoms with Gasteiger partial charge in [0, 0.05) is 14.1 Å². The molecule has 0 amide bonds. The molecule has 0 spiro atoms. The van der Waals surface area contributed by atoms with Crippen molar-refractivity contribution in [2.45, 2.75) is 24.7 Å². The maximum Gasteiger partial charge on any atom is 0.335 e. The lowest BCUT2D eigenvalue weighted by atomic mass is 10.0. The van der Waals surface area contributed by atoms with Crippen LogP contribution in [0.2, 0.25) is 0 Å². The molecule has 3 aromatic rings. The Labute approximate surface area is 155 Å². The van der Waals surface area contributed by atoms with E-state index in [0.29, 0.717) is 12.0 Å². The summed E-state index contributed by atoms with van der Waals surface area (Å²) in [6.45, 7) is 1.95. The molecule has 0 saturated carbocycles. The third-order valence-electron chi connectivity index (χ3n) is 4.34. The van der Waals surface area contributed by atoms with Gasteiger partial charge in [-0.05, 0) is 42.3 Å². The maximum absolute atomic E-state index is 13.0. The summed E-state index contributed by atoms with van der Waals surface area (Å²) in [7, 11) is -1.03. The van der Waals surface area contributed by atoms with E-state index in [0.717, 1.165) is 10.7 Å². The molecule has 0 atom stereocenters. The van der Waals surface area contributed by atoms with E-state index in [4.69, 9.17) is 9.52 Å². The zero-order chi connectivity index (χ0) is 19.9. The molecule has 0 unspecified atom stereocenters. The van der Waals surface area contributed by atoms with Crippen LogP contribution in [-0.2, 0) is 16.4 Å². The molecule has 0 radical (unpaired) electrons. The highest BCUT2D eigenvalue weighted by atomic mass is 32.2. The number of fused-ring (bicyclic) bond motifs is 2. The van der Waals surface area contributed by atoms with Gasteiger partial charge in [0.2, 0.25) is 15.5 Å². The molecule has 1 N–H and O–H groups in total. The maximum atomic E-state index is 13.0. The van der Waals surface area contributed by atoms with E-state index in [1.165, 1.54) is 38.4 Å². The molecular weight excluding hydrogens is 370 g/mol. The van der Waals surface area contributed by atoms with E-state index >= 15 is 0 Å². The smallest absolute Gasteiger partial charge is 0.335 e. The molecule has 0 aliphatic carbocycles. The third kappa shape index (κ3) is 3.22. The average molecular weight is 389 g/mol. The quantitative estimate of drug-likeness (QED) is 0.673. The lowest BCUT2D eigenvalue weighted by Crippen LogP contribution is -2.23. The second-order valence-electron chi connectivity index (χ2n) is 6.46. The molecule has 0 bridgehead atoms. The number of carbonyl (C=O) groups is 1. The highest BCUT2D eigenvalue weighted by Gasteiger charge is 2.25. The van der Waals surface area contributed by atoms with Crippen molar-refractivity contribution >= 4 is 37.9 Å². The van der Waals surface area contributed by atoms with Crippen LogP contribution >= 0.6 is 0 Å². The Morgan fingerprint density at radius 2 is 1.85 bits per heavy atom. The second-order valence-corrected chi connectivity index (χ2v) is 8.58. The number of benzene rings is 2. The van der Waals surface area contributed by atoms with Gasteiger partial charge in [0.05, 0.1) is 16.3 Å². The number of carboxylic acids is 1. The van der Waals surface area contributed by atoms with Crippen molar-refractivity contribution in [2.75, 3.05) is 14.1 Å². The van der Waals surface area contributed by atoms with E-state index in [1.807, 2.05) is 6.92 Å². The van der Waals surface area contributed by atoms with E-state index < -0.39 is 21.4 Å². The van der Waals surface area contributed by atoms with E-state index in [2.05, 4.69) is 0 Å². The van der Waals surface area contributed by atoms with Crippen LogP contribution in [0.5, 0.6) is 0 Å². The Bertz CT molecular complexity index is 1220. The lowest BCUT2D eigenvalue weighted by Gasteiger charge is -2.15. The number of hydrogen-bond acceptors (Lipinski definition) is 5. The third-order valence-corrected chi connectivity index (χ3v) is 6.16. The molecule has 27 heavy (non-hydrogen) atoms. The van der Waals surface area contributed by atoms with Gasteiger partial charge in [-0.2, -0.15) is 0 Å². The van der Waals surface area contributed by atoms with Crippen LogP contribution in [0.15, 0.2) is 44.4 Å². The molecule has 1 aromatic heterocycles. The van der Waals surface area contributed by atoms with Crippen LogP contribution in [0.4, 0.5) is 0 Å². The number of nitrogens with zero attached hydrogens (tertiary/aromatic N) is 1. The standard InChI is InChI=1S/C19H19NO6S/c1-4-5-11-8-14-17(21)13-10-12(19(22)23)6-7-15(13)26-18(14)16(9-11)27(24,25)20(2)3/h6-10H,4-5H2,1-3H3,(H,22,23). The number of aryl methyl sites for hydroxylation is 1. The van der Waals surface area contributed by atoms with Gasteiger partial charge in [-0.15, -0.1) is 0 Å².